The van der Waals surface area contributed by atoms with E-state index in [1.165, 1.54) is 6.08 Å². The van der Waals surface area contributed by atoms with Gasteiger partial charge >= 0.3 is 0 Å². The molecule has 5 heterocycles. The lowest BCUT2D eigenvalue weighted by atomic mass is 9.70. The molecule has 1 saturated carbocycles. The molecule has 7 rings (SSSR count). The molecule has 2 bridgehead atoms. The van der Waals surface area contributed by atoms with E-state index in [9.17, 15) is 4.79 Å². The van der Waals surface area contributed by atoms with Crippen LogP contribution >= 0.6 is 0 Å². The highest BCUT2D eigenvalue weighted by molar-refractivity contribution is 6.10. The van der Waals surface area contributed by atoms with Crippen LogP contribution in [-0.4, -0.2) is 62.5 Å². The predicted molar refractivity (Wildman–Crippen MR) is 165 cm³/mol. The number of aryl methyl sites for hydroxylation is 1. The fourth-order valence-corrected chi connectivity index (χ4v) is 6.24. The van der Waals surface area contributed by atoms with Crippen LogP contribution in [0.1, 0.15) is 42.1 Å². The number of anilines is 1. The number of carbonyl (C=O) groups is 1. The van der Waals surface area contributed by atoms with Crippen molar-refractivity contribution in [1.29, 1.82) is 0 Å². The Kier molecular flexibility index (Phi) is 7.47. The summed E-state index contributed by atoms with van der Waals surface area (Å²) < 4.78 is 23.5. The number of ether oxygens (including phenoxy) is 1. The Labute approximate surface area is 249 Å². The van der Waals surface area contributed by atoms with Gasteiger partial charge in [-0.15, -0.1) is 0 Å². The first kappa shape index (κ1) is 28.2. The fourth-order valence-electron chi connectivity index (χ4n) is 6.24. The molecule has 0 radical (unpaired) electrons. The van der Waals surface area contributed by atoms with Crippen molar-refractivity contribution in [1.82, 2.24) is 24.4 Å². The van der Waals surface area contributed by atoms with Crippen LogP contribution in [0.3, 0.4) is 0 Å². The number of amidine groups is 1. The fraction of sp³-hybridized carbons (Fsp3) is 0.312. The molecule has 1 aromatic carbocycles. The Bertz CT molecular complexity index is 1780. The zero-order valence-corrected chi connectivity index (χ0v) is 24.4. The van der Waals surface area contributed by atoms with Crippen LogP contribution in [0.4, 0.5) is 15.8 Å². The molecule has 2 saturated heterocycles. The molecule has 43 heavy (non-hydrogen) atoms. The van der Waals surface area contributed by atoms with E-state index >= 15 is 4.39 Å². The number of benzene rings is 1. The van der Waals surface area contributed by atoms with Crippen LogP contribution in [0.25, 0.3) is 11.2 Å². The Hall–Kier alpha value is -4.93. The van der Waals surface area contributed by atoms with Crippen molar-refractivity contribution < 1.29 is 13.9 Å². The second-order valence-corrected chi connectivity index (χ2v) is 11.0. The van der Waals surface area contributed by atoms with Crippen LogP contribution in [0.2, 0.25) is 0 Å². The number of aliphatic imine (C=N–C) groups is 2. The maximum absolute atomic E-state index is 15.7. The summed E-state index contributed by atoms with van der Waals surface area (Å²) in [6.45, 7) is 9.71. The lowest BCUT2D eigenvalue weighted by Gasteiger charge is -2.49. The molecule has 4 aromatic rings. The first-order valence-electron chi connectivity index (χ1n) is 14.2. The third kappa shape index (κ3) is 5.15. The molecule has 3 fully saturated rings. The second-order valence-electron chi connectivity index (χ2n) is 11.0. The van der Waals surface area contributed by atoms with Crippen molar-refractivity contribution in [2.24, 2.45) is 23.0 Å². The minimum absolute atomic E-state index is 0.0164. The largest absolute Gasteiger partial charge is 0.455 e. The van der Waals surface area contributed by atoms with E-state index < -0.39 is 5.82 Å². The highest BCUT2D eigenvalue weighted by atomic mass is 19.1. The molecule has 3 atom stereocenters. The minimum Gasteiger partial charge on any atom is -0.455 e. The molecule has 220 valence electrons. The molecule has 10 nitrogen and oxygen atoms in total. The standard InChI is InChI=1S/C32H33FN8O2/c1-6-28(42)41-16-19-7-8-20(41)13-22(19)23-9-10-25(34-3)30(38-23)31(35-4)39-24-11-12-27(18(2)29(24)33)43-21-14-26-32(36-15-21)40(5)17-37-26/h6,9-12,14-15,17,19-20,22H,1,3,7-8,13,16H2,2,4-5H3,(H,35,39)/t19-,20-,22-/m1/s1. The van der Waals surface area contributed by atoms with Crippen molar-refractivity contribution >= 4 is 41.0 Å². The zero-order valence-electron chi connectivity index (χ0n) is 24.4. The van der Waals surface area contributed by atoms with Crippen molar-refractivity contribution in [3.05, 3.63) is 78.3 Å². The number of piperidine rings is 2. The summed E-state index contributed by atoms with van der Waals surface area (Å²) in [5.74, 6) is 1.18. The summed E-state index contributed by atoms with van der Waals surface area (Å²) in [7, 11) is 3.48. The number of amides is 1. The second kappa shape index (κ2) is 11.4. The molecule has 1 aliphatic carbocycles. The Morgan fingerprint density at radius 3 is 2.79 bits per heavy atom. The van der Waals surface area contributed by atoms with E-state index in [4.69, 9.17) is 9.72 Å². The summed E-state index contributed by atoms with van der Waals surface area (Å²) in [6.07, 6.45) is 7.51. The molecule has 2 aliphatic heterocycles. The van der Waals surface area contributed by atoms with E-state index in [-0.39, 0.29) is 23.6 Å². The molecular weight excluding hydrogens is 547 g/mol. The van der Waals surface area contributed by atoms with Crippen molar-refractivity contribution in [3.8, 4) is 11.5 Å². The van der Waals surface area contributed by atoms with Crippen LogP contribution in [0.15, 0.2) is 65.5 Å². The Balaban J connectivity index is 1.24. The smallest absolute Gasteiger partial charge is 0.246 e. The number of halogens is 1. The van der Waals surface area contributed by atoms with E-state index in [0.29, 0.717) is 52.3 Å². The monoisotopic (exact) mass is 580 g/mol. The van der Waals surface area contributed by atoms with E-state index in [0.717, 1.165) is 30.6 Å². The van der Waals surface area contributed by atoms with Gasteiger partial charge in [0.25, 0.3) is 0 Å². The highest BCUT2D eigenvalue weighted by Crippen LogP contribution is 2.45. The zero-order chi connectivity index (χ0) is 30.2. The summed E-state index contributed by atoms with van der Waals surface area (Å²) >= 11 is 0. The lowest BCUT2D eigenvalue weighted by molar-refractivity contribution is -0.134. The minimum atomic E-state index is -0.480. The maximum atomic E-state index is 15.7. The molecule has 0 unspecified atom stereocenters. The maximum Gasteiger partial charge on any atom is 0.246 e. The van der Waals surface area contributed by atoms with E-state index in [2.05, 4.69) is 38.6 Å². The van der Waals surface area contributed by atoms with Crippen LogP contribution in [0, 0.1) is 18.7 Å². The molecule has 11 heteroatoms. The summed E-state index contributed by atoms with van der Waals surface area (Å²) in [6, 6.07) is 9.08. The number of imidazole rings is 1. The molecule has 3 aromatic heterocycles. The number of carbonyl (C=O) groups excluding carboxylic acids is 1. The van der Waals surface area contributed by atoms with Crippen LogP contribution in [-0.2, 0) is 11.8 Å². The topological polar surface area (TPSA) is 110 Å². The quantitative estimate of drug-likeness (QED) is 0.171. The molecule has 1 N–H and O–H groups in total. The number of rotatable bonds is 7. The number of fused-ring (bicyclic) bond motifs is 4. The van der Waals surface area contributed by atoms with Gasteiger partial charge in [0.15, 0.2) is 17.3 Å². The van der Waals surface area contributed by atoms with Crippen molar-refractivity contribution in [3.63, 3.8) is 0 Å². The first-order valence-corrected chi connectivity index (χ1v) is 14.2. The van der Waals surface area contributed by atoms with Gasteiger partial charge in [0.05, 0.1) is 23.9 Å². The van der Waals surface area contributed by atoms with E-state index in [1.54, 1.807) is 44.7 Å². The summed E-state index contributed by atoms with van der Waals surface area (Å²) in [4.78, 5) is 36.5. The normalized spacial score (nSPS) is 19.9. The molecule has 0 spiro atoms. The third-order valence-corrected chi connectivity index (χ3v) is 8.53. The van der Waals surface area contributed by atoms with Gasteiger partial charge in [0.2, 0.25) is 5.91 Å². The molecule has 3 aliphatic rings. The summed E-state index contributed by atoms with van der Waals surface area (Å²) in [5.41, 5.74) is 3.89. The Morgan fingerprint density at radius 2 is 2.07 bits per heavy atom. The van der Waals surface area contributed by atoms with Gasteiger partial charge < -0.3 is 19.5 Å². The predicted octanol–water partition coefficient (Wildman–Crippen LogP) is 5.70. The number of aromatic nitrogens is 4. The molecule has 1 amide bonds. The summed E-state index contributed by atoms with van der Waals surface area (Å²) in [5, 5.41) is 3.12. The third-order valence-electron chi connectivity index (χ3n) is 8.53. The lowest BCUT2D eigenvalue weighted by Crippen LogP contribution is -2.53. The number of nitrogens with zero attached hydrogens (tertiary/aromatic N) is 7. The van der Waals surface area contributed by atoms with Gasteiger partial charge in [-0.1, -0.05) is 6.58 Å². The van der Waals surface area contributed by atoms with Crippen LogP contribution in [0.5, 0.6) is 11.5 Å². The average Bonchev–Trinajstić information content (AvgIpc) is 3.41. The SMILES string of the molecule is C=CC(=O)N1C[C@H]2CC[C@@H]1C[C@H]2c1ccc(N=C)c(C(=NC)Nc2ccc(Oc3cnc4c(c3)ncn4C)c(C)c2F)n1. The van der Waals surface area contributed by atoms with E-state index in [1.807, 2.05) is 28.6 Å². The Morgan fingerprint density at radius 1 is 1.23 bits per heavy atom. The molecular formula is C32H33FN8O2. The van der Waals surface area contributed by atoms with Gasteiger partial charge in [-0.25, -0.2) is 19.3 Å². The average molecular weight is 581 g/mol. The van der Waals surface area contributed by atoms with Gasteiger partial charge in [-0.3, -0.25) is 14.8 Å². The van der Waals surface area contributed by atoms with Gasteiger partial charge in [0.1, 0.15) is 22.7 Å². The number of nitrogens with one attached hydrogen (secondary N) is 1. The van der Waals surface area contributed by atoms with Gasteiger partial charge in [-0.2, -0.15) is 0 Å². The number of pyridine rings is 2. The van der Waals surface area contributed by atoms with Gasteiger partial charge in [-0.05, 0) is 69.2 Å². The number of hydrogen-bond donors (Lipinski definition) is 1. The van der Waals surface area contributed by atoms with Crippen molar-refractivity contribution in [2.45, 2.75) is 38.1 Å². The van der Waals surface area contributed by atoms with Gasteiger partial charge in [0, 0.05) is 49.9 Å². The number of hydrogen-bond acceptors (Lipinski definition) is 7. The van der Waals surface area contributed by atoms with Crippen molar-refractivity contribution in [2.75, 3.05) is 18.9 Å². The highest BCUT2D eigenvalue weighted by Gasteiger charge is 2.43. The van der Waals surface area contributed by atoms with Crippen LogP contribution < -0.4 is 10.1 Å². The first-order chi connectivity index (χ1) is 20.8.